The number of pyridine rings is 1. The van der Waals surface area contributed by atoms with E-state index >= 15 is 0 Å². The molecule has 0 aliphatic carbocycles. The number of nitrogens with zero attached hydrogens (tertiary/aromatic N) is 1. The third-order valence-corrected chi connectivity index (χ3v) is 4.29. The van der Waals surface area contributed by atoms with Crippen molar-refractivity contribution in [2.75, 3.05) is 0 Å². The Labute approximate surface area is 156 Å². The van der Waals surface area contributed by atoms with Gasteiger partial charge in [0.15, 0.2) is 0 Å². The molecule has 0 radical (unpaired) electrons. The fraction of sp³-hybridized carbons (Fsp3) is 0. The van der Waals surface area contributed by atoms with Crippen molar-refractivity contribution in [3.05, 3.63) is 90.7 Å². The molecule has 0 amide bonds. The maximum Gasteiger partial charge on any atom is 0.131 e. The molecule has 4 heteroatoms. The van der Waals surface area contributed by atoms with Gasteiger partial charge in [-0.15, -0.1) is 0 Å². The Morgan fingerprint density at radius 2 is 1.15 bits per heavy atom. The molecule has 0 saturated heterocycles. The first-order valence-electron chi connectivity index (χ1n) is 8.46. The van der Waals surface area contributed by atoms with Gasteiger partial charge in [0.2, 0.25) is 0 Å². The van der Waals surface area contributed by atoms with E-state index in [1.54, 1.807) is 66.7 Å². The van der Waals surface area contributed by atoms with Crippen LogP contribution >= 0.6 is 0 Å². The van der Waals surface area contributed by atoms with Crippen molar-refractivity contribution in [2.45, 2.75) is 0 Å². The van der Waals surface area contributed by atoms with E-state index in [4.69, 9.17) is 0 Å². The van der Waals surface area contributed by atoms with Gasteiger partial charge in [0.1, 0.15) is 17.3 Å². The van der Waals surface area contributed by atoms with E-state index in [9.17, 15) is 14.6 Å². The Bertz CT molecular complexity index is 1060. The molecular weight excluding hydrogens is 341 g/mol. The first-order chi connectivity index (χ1) is 13.1. The number of hydrogen-bond acceptors (Lipinski definition) is 3. The van der Waals surface area contributed by atoms with Gasteiger partial charge in [-0.2, -0.15) is 0 Å². The van der Waals surface area contributed by atoms with E-state index in [0.717, 1.165) is 11.1 Å². The molecule has 27 heavy (non-hydrogen) atoms. The maximum atomic E-state index is 14.4. The van der Waals surface area contributed by atoms with E-state index in [-0.39, 0.29) is 17.3 Å². The number of phenolic OH excluding ortho intramolecular Hbond substituents is 2. The van der Waals surface area contributed by atoms with Gasteiger partial charge in [-0.3, -0.25) is 0 Å². The molecule has 3 aromatic carbocycles. The lowest BCUT2D eigenvalue weighted by molar-refractivity contribution is 0.475. The van der Waals surface area contributed by atoms with Gasteiger partial charge in [-0.1, -0.05) is 42.5 Å². The second-order valence-electron chi connectivity index (χ2n) is 6.21. The summed E-state index contributed by atoms with van der Waals surface area (Å²) < 4.78 is 14.4. The van der Waals surface area contributed by atoms with Crippen molar-refractivity contribution in [1.82, 2.24) is 4.98 Å². The van der Waals surface area contributed by atoms with Crippen LogP contribution in [0.15, 0.2) is 84.9 Å². The zero-order chi connectivity index (χ0) is 18.8. The number of halogens is 1. The minimum absolute atomic E-state index is 0.129. The lowest BCUT2D eigenvalue weighted by Gasteiger charge is -2.11. The Morgan fingerprint density at radius 1 is 0.593 bits per heavy atom. The van der Waals surface area contributed by atoms with E-state index in [1.165, 1.54) is 6.07 Å². The predicted molar refractivity (Wildman–Crippen MR) is 104 cm³/mol. The Kier molecular flexibility index (Phi) is 4.30. The highest BCUT2D eigenvalue weighted by atomic mass is 19.1. The number of aromatic hydroxyl groups is 2. The molecule has 0 atom stereocenters. The van der Waals surface area contributed by atoms with Gasteiger partial charge in [-0.25, -0.2) is 9.37 Å². The fourth-order valence-electron chi connectivity index (χ4n) is 3.01. The molecule has 4 aromatic rings. The molecule has 0 aliphatic heterocycles. The highest BCUT2D eigenvalue weighted by Gasteiger charge is 2.12. The largest absolute Gasteiger partial charge is 0.508 e. The van der Waals surface area contributed by atoms with E-state index in [1.807, 2.05) is 12.1 Å². The zero-order valence-electron chi connectivity index (χ0n) is 14.3. The van der Waals surface area contributed by atoms with Crippen molar-refractivity contribution in [3.8, 4) is 45.1 Å². The molecule has 0 bridgehead atoms. The molecule has 2 N–H and O–H groups in total. The first-order valence-corrected chi connectivity index (χ1v) is 8.46. The van der Waals surface area contributed by atoms with Crippen LogP contribution in [0.25, 0.3) is 33.6 Å². The van der Waals surface area contributed by atoms with Gasteiger partial charge in [-0.05, 0) is 48.0 Å². The minimum atomic E-state index is -0.326. The van der Waals surface area contributed by atoms with Crippen LogP contribution in [-0.2, 0) is 0 Å². The summed E-state index contributed by atoms with van der Waals surface area (Å²) in [7, 11) is 0. The van der Waals surface area contributed by atoms with E-state index in [0.29, 0.717) is 22.5 Å². The molecule has 0 unspecified atom stereocenters. The number of hydrogen-bond donors (Lipinski definition) is 2. The average Bonchev–Trinajstić information content (AvgIpc) is 2.68. The summed E-state index contributed by atoms with van der Waals surface area (Å²) in [5.74, 6) is -0.0681. The van der Waals surface area contributed by atoms with Crippen molar-refractivity contribution >= 4 is 0 Å². The summed E-state index contributed by atoms with van der Waals surface area (Å²) >= 11 is 0. The first kappa shape index (κ1) is 16.8. The number of phenols is 2. The molecule has 0 aliphatic rings. The normalized spacial score (nSPS) is 10.7. The lowest BCUT2D eigenvalue weighted by Crippen LogP contribution is -1.92. The molecular formula is C23H16FNO2. The van der Waals surface area contributed by atoms with Crippen LogP contribution in [0.4, 0.5) is 4.39 Å². The van der Waals surface area contributed by atoms with E-state index in [2.05, 4.69) is 4.98 Å². The molecule has 132 valence electrons. The molecule has 0 saturated carbocycles. The van der Waals surface area contributed by atoms with Crippen LogP contribution in [-0.4, -0.2) is 15.2 Å². The van der Waals surface area contributed by atoms with E-state index < -0.39 is 0 Å². The summed E-state index contributed by atoms with van der Waals surface area (Å²) in [5, 5.41) is 19.6. The summed E-state index contributed by atoms with van der Waals surface area (Å²) in [6, 6.07) is 23.7. The molecule has 1 heterocycles. The monoisotopic (exact) mass is 357 g/mol. The minimum Gasteiger partial charge on any atom is -0.508 e. The van der Waals surface area contributed by atoms with Crippen molar-refractivity contribution < 1.29 is 14.6 Å². The quantitative estimate of drug-likeness (QED) is 0.499. The number of aromatic nitrogens is 1. The molecule has 0 fully saturated rings. The third-order valence-electron chi connectivity index (χ3n) is 4.29. The second kappa shape index (κ2) is 6.92. The Balaban J connectivity index is 1.95. The van der Waals surface area contributed by atoms with Crippen molar-refractivity contribution in [3.63, 3.8) is 0 Å². The van der Waals surface area contributed by atoms with Crippen LogP contribution in [0.2, 0.25) is 0 Å². The standard InChI is InChI=1S/C23H16FNO2/c24-21-10-2-1-9-20(21)17-13-22(15-5-3-7-18(26)11-15)25-23(14-17)16-6-4-8-19(27)12-16/h1-14,26-27H. The topological polar surface area (TPSA) is 53.4 Å². The van der Waals surface area contributed by atoms with Crippen LogP contribution in [0, 0.1) is 5.82 Å². The molecule has 1 aromatic heterocycles. The zero-order valence-corrected chi connectivity index (χ0v) is 14.3. The van der Waals surface area contributed by atoms with Gasteiger partial charge < -0.3 is 10.2 Å². The molecule has 4 rings (SSSR count). The smallest absolute Gasteiger partial charge is 0.131 e. The van der Waals surface area contributed by atoms with Crippen LogP contribution in [0.5, 0.6) is 11.5 Å². The Morgan fingerprint density at radius 3 is 1.67 bits per heavy atom. The summed E-state index contributed by atoms with van der Waals surface area (Å²) in [4.78, 5) is 4.67. The maximum absolute atomic E-state index is 14.4. The van der Waals surface area contributed by atoms with Crippen LogP contribution < -0.4 is 0 Å². The van der Waals surface area contributed by atoms with Crippen LogP contribution in [0.3, 0.4) is 0 Å². The second-order valence-corrected chi connectivity index (χ2v) is 6.21. The van der Waals surface area contributed by atoms with Gasteiger partial charge in [0.05, 0.1) is 11.4 Å². The highest BCUT2D eigenvalue weighted by Crippen LogP contribution is 2.33. The summed E-state index contributed by atoms with van der Waals surface area (Å²) in [6.07, 6.45) is 0. The Hall–Kier alpha value is -3.66. The lowest BCUT2D eigenvalue weighted by atomic mass is 9.99. The van der Waals surface area contributed by atoms with Gasteiger partial charge in [0, 0.05) is 16.7 Å². The fourth-order valence-corrected chi connectivity index (χ4v) is 3.01. The summed E-state index contributed by atoms with van der Waals surface area (Å²) in [6.45, 7) is 0. The van der Waals surface area contributed by atoms with Crippen LogP contribution in [0.1, 0.15) is 0 Å². The van der Waals surface area contributed by atoms with Gasteiger partial charge >= 0.3 is 0 Å². The third kappa shape index (κ3) is 3.51. The number of benzene rings is 3. The highest BCUT2D eigenvalue weighted by molar-refractivity contribution is 5.77. The average molecular weight is 357 g/mol. The van der Waals surface area contributed by atoms with Gasteiger partial charge in [0.25, 0.3) is 0 Å². The SMILES string of the molecule is Oc1cccc(-c2cc(-c3ccccc3F)cc(-c3cccc(O)c3)n2)c1. The van der Waals surface area contributed by atoms with Crippen molar-refractivity contribution in [1.29, 1.82) is 0 Å². The number of rotatable bonds is 3. The summed E-state index contributed by atoms with van der Waals surface area (Å²) in [5.41, 5.74) is 3.77. The predicted octanol–water partition coefficient (Wildman–Crippen LogP) is 5.63. The van der Waals surface area contributed by atoms with Crippen molar-refractivity contribution in [2.24, 2.45) is 0 Å². The molecule has 0 spiro atoms. The molecule has 3 nitrogen and oxygen atoms in total.